The first-order valence-electron chi connectivity index (χ1n) is 8.53. The lowest BCUT2D eigenvalue weighted by Crippen LogP contribution is -2.33. The maximum atomic E-state index is 13.6. The summed E-state index contributed by atoms with van der Waals surface area (Å²) in [5.41, 5.74) is 1.05. The van der Waals surface area contributed by atoms with Gasteiger partial charge < -0.3 is 14.9 Å². The van der Waals surface area contributed by atoms with E-state index in [2.05, 4.69) is 15.5 Å². The van der Waals surface area contributed by atoms with Gasteiger partial charge in [-0.1, -0.05) is 17.3 Å². The van der Waals surface area contributed by atoms with Crippen LogP contribution in [0.5, 0.6) is 0 Å². The number of benzene rings is 1. The molecule has 1 aromatic carbocycles. The van der Waals surface area contributed by atoms with Crippen LogP contribution in [0.3, 0.4) is 0 Å². The molecular weight excluding hydrogens is 341 g/mol. The summed E-state index contributed by atoms with van der Waals surface area (Å²) >= 11 is 0. The van der Waals surface area contributed by atoms with Gasteiger partial charge in [-0.05, 0) is 37.8 Å². The summed E-state index contributed by atoms with van der Waals surface area (Å²) in [5, 5.41) is 15.6. The first-order valence-corrected chi connectivity index (χ1v) is 8.53. The van der Waals surface area contributed by atoms with Gasteiger partial charge in [-0.15, -0.1) is 0 Å². The highest BCUT2D eigenvalue weighted by atomic mass is 19.1. The molecule has 8 heteroatoms. The quantitative estimate of drug-likeness (QED) is 0.819. The minimum absolute atomic E-state index is 0.0996. The van der Waals surface area contributed by atoms with Crippen LogP contribution in [-0.2, 0) is 16.0 Å². The number of aromatic nitrogens is 2. The van der Waals surface area contributed by atoms with Gasteiger partial charge in [-0.3, -0.25) is 9.59 Å². The molecule has 0 bridgehead atoms. The van der Waals surface area contributed by atoms with Crippen molar-refractivity contribution in [2.24, 2.45) is 5.92 Å². The first kappa shape index (κ1) is 18.0. The Hall–Kier alpha value is -2.77. The van der Waals surface area contributed by atoms with Crippen molar-refractivity contribution in [3.63, 3.8) is 0 Å². The molecule has 0 aliphatic heterocycles. The summed E-state index contributed by atoms with van der Waals surface area (Å²) in [4.78, 5) is 27.1. The summed E-state index contributed by atoms with van der Waals surface area (Å²) in [6.07, 6.45) is 2.15. The van der Waals surface area contributed by atoms with E-state index in [4.69, 9.17) is 9.63 Å². The molecule has 1 aliphatic rings. The van der Waals surface area contributed by atoms with Crippen LogP contribution in [-0.4, -0.2) is 33.2 Å². The fraction of sp³-hybridized carbons (Fsp3) is 0.444. The van der Waals surface area contributed by atoms with Crippen molar-refractivity contribution in [3.05, 3.63) is 35.5 Å². The lowest BCUT2D eigenvalue weighted by atomic mass is 10.1. The Labute approximate surface area is 149 Å². The molecule has 138 valence electrons. The van der Waals surface area contributed by atoms with Crippen molar-refractivity contribution in [3.8, 4) is 11.4 Å². The number of rotatable bonds is 6. The standard InChI is InChI=1S/C18H20FN3O4/c1-10-2-3-11(9-14(10)19)17-21-16(26-22-17)7-6-15(23)20-13-5-4-12(8-13)18(24)25/h2-3,9,12-13H,4-8H2,1H3,(H,20,23)(H,24,25)/t12-,13+/m1/s1. The first-order chi connectivity index (χ1) is 12.4. The second-order valence-electron chi connectivity index (χ2n) is 6.59. The minimum Gasteiger partial charge on any atom is -0.481 e. The lowest BCUT2D eigenvalue weighted by molar-refractivity contribution is -0.141. The van der Waals surface area contributed by atoms with Crippen molar-refractivity contribution < 1.29 is 23.6 Å². The molecule has 7 nitrogen and oxygen atoms in total. The number of aryl methyl sites for hydroxylation is 2. The normalized spacial score (nSPS) is 19.5. The van der Waals surface area contributed by atoms with Crippen LogP contribution in [0.15, 0.2) is 22.7 Å². The molecule has 26 heavy (non-hydrogen) atoms. The number of hydrogen-bond acceptors (Lipinski definition) is 5. The average Bonchev–Trinajstić information content (AvgIpc) is 3.25. The third-order valence-corrected chi connectivity index (χ3v) is 4.61. The molecule has 1 aromatic heterocycles. The predicted molar refractivity (Wildman–Crippen MR) is 89.7 cm³/mol. The molecule has 2 atom stereocenters. The summed E-state index contributed by atoms with van der Waals surface area (Å²) < 4.78 is 18.7. The number of aliphatic carboxylic acids is 1. The second kappa shape index (κ2) is 7.63. The van der Waals surface area contributed by atoms with E-state index >= 15 is 0 Å². The average molecular weight is 361 g/mol. The predicted octanol–water partition coefficient (Wildman–Crippen LogP) is 2.49. The van der Waals surface area contributed by atoms with Gasteiger partial charge in [0.05, 0.1) is 5.92 Å². The maximum Gasteiger partial charge on any atom is 0.306 e. The number of carboxylic acids is 1. The van der Waals surface area contributed by atoms with Crippen LogP contribution in [0.25, 0.3) is 11.4 Å². The van der Waals surface area contributed by atoms with Crippen LogP contribution in [0.4, 0.5) is 4.39 Å². The van der Waals surface area contributed by atoms with E-state index in [0.717, 1.165) is 0 Å². The molecule has 0 radical (unpaired) electrons. The number of carbonyl (C=O) groups is 2. The van der Waals surface area contributed by atoms with E-state index in [1.165, 1.54) is 6.07 Å². The lowest BCUT2D eigenvalue weighted by Gasteiger charge is -2.11. The summed E-state index contributed by atoms with van der Waals surface area (Å²) in [7, 11) is 0. The Bertz CT molecular complexity index is 821. The van der Waals surface area contributed by atoms with Crippen molar-refractivity contribution in [1.29, 1.82) is 0 Å². The molecule has 2 aromatic rings. The van der Waals surface area contributed by atoms with Gasteiger partial charge in [0.2, 0.25) is 17.6 Å². The van der Waals surface area contributed by atoms with Gasteiger partial charge in [0.25, 0.3) is 0 Å². The molecule has 0 unspecified atom stereocenters. The van der Waals surface area contributed by atoms with Crippen LogP contribution in [0, 0.1) is 18.7 Å². The van der Waals surface area contributed by atoms with Gasteiger partial charge in [0, 0.05) is 24.4 Å². The van der Waals surface area contributed by atoms with E-state index in [-0.39, 0.29) is 42.4 Å². The summed E-state index contributed by atoms with van der Waals surface area (Å²) in [6, 6.07) is 4.59. The smallest absolute Gasteiger partial charge is 0.306 e. The molecule has 3 rings (SSSR count). The largest absolute Gasteiger partial charge is 0.481 e. The Balaban J connectivity index is 1.51. The molecule has 0 spiro atoms. The fourth-order valence-corrected chi connectivity index (χ4v) is 3.06. The fourth-order valence-electron chi connectivity index (χ4n) is 3.06. The van der Waals surface area contributed by atoms with Crippen molar-refractivity contribution in [2.75, 3.05) is 0 Å². The third-order valence-electron chi connectivity index (χ3n) is 4.61. The number of carbonyl (C=O) groups excluding carboxylic acids is 1. The van der Waals surface area contributed by atoms with Crippen LogP contribution >= 0.6 is 0 Å². The molecule has 1 saturated carbocycles. The van der Waals surface area contributed by atoms with Crippen molar-refractivity contribution >= 4 is 11.9 Å². The van der Waals surface area contributed by atoms with E-state index in [0.29, 0.717) is 36.3 Å². The molecule has 1 heterocycles. The zero-order valence-electron chi connectivity index (χ0n) is 14.4. The van der Waals surface area contributed by atoms with Gasteiger partial charge in [0.15, 0.2) is 0 Å². The number of carboxylic acid groups (broad SMARTS) is 1. The van der Waals surface area contributed by atoms with E-state index < -0.39 is 5.97 Å². The minimum atomic E-state index is -0.812. The highest BCUT2D eigenvalue weighted by Crippen LogP contribution is 2.25. The number of hydrogen-bond donors (Lipinski definition) is 2. The molecule has 1 amide bonds. The third kappa shape index (κ3) is 4.25. The molecule has 1 fully saturated rings. The van der Waals surface area contributed by atoms with E-state index in [1.807, 2.05) is 0 Å². The van der Waals surface area contributed by atoms with E-state index in [1.54, 1.807) is 19.1 Å². The Morgan fingerprint density at radius 2 is 2.19 bits per heavy atom. The van der Waals surface area contributed by atoms with Crippen LogP contribution in [0.1, 0.15) is 37.1 Å². The van der Waals surface area contributed by atoms with Gasteiger partial charge in [-0.2, -0.15) is 4.98 Å². The van der Waals surface area contributed by atoms with Gasteiger partial charge >= 0.3 is 5.97 Å². The Morgan fingerprint density at radius 1 is 1.38 bits per heavy atom. The summed E-state index contributed by atoms with van der Waals surface area (Å²) in [6.45, 7) is 1.67. The van der Waals surface area contributed by atoms with Crippen LogP contribution in [0.2, 0.25) is 0 Å². The monoisotopic (exact) mass is 361 g/mol. The SMILES string of the molecule is Cc1ccc(-c2noc(CCC(=O)N[C@H]3CC[C@@H](C(=O)O)C3)n2)cc1F. The molecule has 2 N–H and O–H groups in total. The molecular formula is C18H20FN3O4. The Kier molecular flexibility index (Phi) is 5.29. The van der Waals surface area contributed by atoms with Gasteiger partial charge in [-0.25, -0.2) is 4.39 Å². The van der Waals surface area contributed by atoms with Crippen molar-refractivity contribution in [1.82, 2.24) is 15.5 Å². The number of nitrogens with zero attached hydrogens (tertiary/aromatic N) is 2. The summed E-state index contributed by atoms with van der Waals surface area (Å²) in [5.74, 6) is -1.14. The van der Waals surface area contributed by atoms with Crippen LogP contribution < -0.4 is 5.32 Å². The van der Waals surface area contributed by atoms with E-state index in [9.17, 15) is 14.0 Å². The molecule has 0 saturated heterocycles. The number of amides is 1. The zero-order valence-corrected chi connectivity index (χ0v) is 14.4. The maximum absolute atomic E-state index is 13.6. The Morgan fingerprint density at radius 3 is 2.88 bits per heavy atom. The highest BCUT2D eigenvalue weighted by Gasteiger charge is 2.30. The zero-order chi connectivity index (χ0) is 18.7. The molecule has 1 aliphatic carbocycles. The topological polar surface area (TPSA) is 105 Å². The van der Waals surface area contributed by atoms with Gasteiger partial charge in [0.1, 0.15) is 5.82 Å². The van der Waals surface area contributed by atoms with Crippen molar-refractivity contribution in [2.45, 2.75) is 45.1 Å². The number of nitrogens with one attached hydrogen (secondary N) is 1. The number of halogens is 1. The highest BCUT2D eigenvalue weighted by molar-refractivity contribution is 5.77. The second-order valence-corrected chi connectivity index (χ2v) is 6.59.